The summed E-state index contributed by atoms with van der Waals surface area (Å²) in [5.74, 6) is 0.904. The van der Waals surface area contributed by atoms with Crippen molar-refractivity contribution in [3.63, 3.8) is 0 Å². The number of methoxy groups -OCH3 is 1. The van der Waals surface area contributed by atoms with Crippen LogP contribution in [0, 0.1) is 22.7 Å². The quantitative estimate of drug-likeness (QED) is 0.748. The third-order valence-corrected chi connectivity index (χ3v) is 4.78. The van der Waals surface area contributed by atoms with Crippen molar-refractivity contribution in [2.75, 3.05) is 17.7 Å². The van der Waals surface area contributed by atoms with Gasteiger partial charge in [-0.3, -0.25) is 0 Å². The second-order valence-corrected chi connectivity index (χ2v) is 6.54. The highest BCUT2D eigenvalue weighted by molar-refractivity contribution is 5.64. The van der Waals surface area contributed by atoms with Crippen LogP contribution in [0.1, 0.15) is 24.0 Å². The lowest BCUT2D eigenvalue weighted by Gasteiger charge is -2.28. The minimum atomic E-state index is 0.0550. The Kier molecular flexibility index (Phi) is 5.97. The molecule has 0 aliphatic carbocycles. The molecular formula is C22H22N4O. The Hall–Kier alpha value is -3.44. The Morgan fingerprint density at radius 3 is 2.85 bits per heavy atom. The zero-order chi connectivity index (χ0) is 19.1. The molecule has 136 valence electrons. The zero-order valence-corrected chi connectivity index (χ0v) is 15.3. The Morgan fingerprint density at radius 1 is 1.26 bits per heavy atom. The molecular weight excluding hydrogens is 336 g/mol. The van der Waals surface area contributed by atoms with Crippen LogP contribution in [0.5, 0.6) is 5.75 Å². The van der Waals surface area contributed by atoms with Gasteiger partial charge in [-0.2, -0.15) is 10.5 Å². The van der Waals surface area contributed by atoms with Crippen molar-refractivity contribution in [1.29, 1.82) is 10.5 Å². The molecule has 1 aliphatic heterocycles. The van der Waals surface area contributed by atoms with E-state index < -0.39 is 0 Å². The average molecular weight is 358 g/mol. The molecule has 5 nitrogen and oxygen atoms in total. The molecule has 1 heterocycles. The lowest BCUT2D eigenvalue weighted by Crippen LogP contribution is -2.26. The summed E-state index contributed by atoms with van der Waals surface area (Å²) in [4.78, 5) is 0. The summed E-state index contributed by atoms with van der Waals surface area (Å²) in [6, 6.07) is 18.3. The molecule has 0 radical (unpaired) electrons. The first-order valence-corrected chi connectivity index (χ1v) is 9.01. The molecule has 0 saturated heterocycles. The van der Waals surface area contributed by atoms with Crippen molar-refractivity contribution in [2.45, 2.75) is 31.7 Å². The van der Waals surface area contributed by atoms with Crippen LogP contribution in [-0.4, -0.2) is 13.2 Å². The van der Waals surface area contributed by atoms with Crippen molar-refractivity contribution in [1.82, 2.24) is 0 Å². The van der Waals surface area contributed by atoms with E-state index in [2.05, 4.69) is 28.8 Å². The summed E-state index contributed by atoms with van der Waals surface area (Å²) in [7, 11) is 1.71. The molecule has 0 spiro atoms. The summed E-state index contributed by atoms with van der Waals surface area (Å²) in [5, 5.41) is 24.2. The van der Waals surface area contributed by atoms with Gasteiger partial charge in [0.2, 0.25) is 0 Å². The van der Waals surface area contributed by atoms with Gasteiger partial charge in [-0.05, 0) is 55.0 Å². The standard InChI is InChI=1S/C22H22N4O/c1-27-21-7-3-5-18-9-11-19(26-22(18)21)10-8-16-4-2-6-20(12-16)25-15-17(13-23)14-24/h2-7,12,15,19,25-26H,8-11H2,1H3. The highest BCUT2D eigenvalue weighted by atomic mass is 16.5. The molecule has 2 N–H and O–H groups in total. The van der Waals surface area contributed by atoms with Crippen molar-refractivity contribution < 1.29 is 4.74 Å². The van der Waals surface area contributed by atoms with E-state index in [1.165, 1.54) is 17.3 Å². The molecule has 3 rings (SSSR count). The molecule has 0 aromatic heterocycles. The number of benzene rings is 2. The first-order chi connectivity index (χ1) is 13.2. The van der Waals surface area contributed by atoms with E-state index in [-0.39, 0.29) is 5.57 Å². The third kappa shape index (κ3) is 4.59. The van der Waals surface area contributed by atoms with Gasteiger partial charge in [-0.15, -0.1) is 0 Å². The second-order valence-electron chi connectivity index (χ2n) is 6.54. The largest absolute Gasteiger partial charge is 0.495 e. The second kappa shape index (κ2) is 8.78. The van der Waals surface area contributed by atoms with Crippen LogP contribution in [0.2, 0.25) is 0 Å². The van der Waals surface area contributed by atoms with Gasteiger partial charge in [0.1, 0.15) is 23.5 Å². The fourth-order valence-corrected chi connectivity index (χ4v) is 3.34. The van der Waals surface area contributed by atoms with E-state index in [0.717, 1.165) is 42.8 Å². The molecule has 1 aliphatic rings. The van der Waals surface area contributed by atoms with Gasteiger partial charge in [-0.1, -0.05) is 24.3 Å². The van der Waals surface area contributed by atoms with Crippen LogP contribution in [0.4, 0.5) is 11.4 Å². The summed E-state index contributed by atoms with van der Waals surface area (Å²) >= 11 is 0. The summed E-state index contributed by atoms with van der Waals surface area (Å²) in [6.45, 7) is 0. The highest BCUT2D eigenvalue weighted by Gasteiger charge is 2.20. The molecule has 1 unspecified atom stereocenters. The maximum absolute atomic E-state index is 8.80. The van der Waals surface area contributed by atoms with Crippen molar-refractivity contribution in [3.05, 3.63) is 65.4 Å². The first-order valence-electron chi connectivity index (χ1n) is 9.01. The maximum Gasteiger partial charge on any atom is 0.145 e. The van der Waals surface area contributed by atoms with E-state index in [1.807, 2.05) is 36.4 Å². The van der Waals surface area contributed by atoms with E-state index >= 15 is 0 Å². The number of hydrogen-bond acceptors (Lipinski definition) is 5. The number of nitrogens with zero attached hydrogens (tertiary/aromatic N) is 2. The van der Waals surface area contributed by atoms with Gasteiger partial charge in [-0.25, -0.2) is 0 Å². The van der Waals surface area contributed by atoms with E-state index in [9.17, 15) is 0 Å². The minimum absolute atomic E-state index is 0.0550. The number of anilines is 2. The lowest BCUT2D eigenvalue weighted by atomic mass is 9.93. The number of ether oxygens (including phenoxy) is 1. The number of nitrogens with one attached hydrogen (secondary N) is 2. The van der Waals surface area contributed by atoms with Crippen molar-refractivity contribution in [3.8, 4) is 17.9 Å². The van der Waals surface area contributed by atoms with Crippen LogP contribution in [0.3, 0.4) is 0 Å². The Morgan fingerprint density at radius 2 is 2.07 bits per heavy atom. The van der Waals surface area contributed by atoms with Crippen LogP contribution in [0.15, 0.2) is 54.2 Å². The minimum Gasteiger partial charge on any atom is -0.495 e. The van der Waals surface area contributed by atoms with Crippen LogP contribution in [-0.2, 0) is 12.8 Å². The number of rotatable bonds is 6. The third-order valence-electron chi connectivity index (χ3n) is 4.78. The lowest BCUT2D eigenvalue weighted by molar-refractivity contribution is 0.413. The van der Waals surface area contributed by atoms with Crippen LogP contribution >= 0.6 is 0 Å². The summed E-state index contributed by atoms with van der Waals surface area (Å²) in [5.41, 5.74) is 4.58. The van der Waals surface area contributed by atoms with Crippen LogP contribution < -0.4 is 15.4 Å². The molecule has 2 aromatic carbocycles. The van der Waals surface area contributed by atoms with E-state index in [4.69, 9.17) is 15.3 Å². The van der Waals surface area contributed by atoms with Gasteiger partial charge in [0.15, 0.2) is 0 Å². The van der Waals surface area contributed by atoms with E-state index in [1.54, 1.807) is 7.11 Å². The number of hydrogen-bond donors (Lipinski definition) is 2. The normalized spacial score (nSPS) is 14.7. The van der Waals surface area contributed by atoms with E-state index in [0.29, 0.717) is 6.04 Å². The number of para-hydroxylation sites is 1. The monoisotopic (exact) mass is 358 g/mol. The van der Waals surface area contributed by atoms with Crippen molar-refractivity contribution in [2.24, 2.45) is 0 Å². The number of aryl methyl sites for hydroxylation is 2. The zero-order valence-electron chi connectivity index (χ0n) is 15.3. The smallest absolute Gasteiger partial charge is 0.145 e. The SMILES string of the molecule is COc1cccc2c1NC(CCc1cccc(NC=C(C#N)C#N)c1)CC2. The molecule has 0 saturated carbocycles. The fourth-order valence-electron chi connectivity index (χ4n) is 3.34. The van der Waals surface area contributed by atoms with Crippen LogP contribution in [0.25, 0.3) is 0 Å². The summed E-state index contributed by atoms with van der Waals surface area (Å²) < 4.78 is 5.48. The predicted molar refractivity (Wildman–Crippen MR) is 106 cm³/mol. The van der Waals surface area contributed by atoms with Gasteiger partial charge in [0, 0.05) is 17.9 Å². The fraction of sp³-hybridized carbons (Fsp3) is 0.273. The van der Waals surface area contributed by atoms with Gasteiger partial charge >= 0.3 is 0 Å². The Balaban J connectivity index is 1.61. The number of fused-ring (bicyclic) bond motifs is 1. The molecule has 5 heteroatoms. The highest BCUT2D eigenvalue weighted by Crippen LogP contribution is 2.34. The number of nitriles is 2. The first kappa shape index (κ1) is 18.4. The number of allylic oxidation sites excluding steroid dienone is 1. The van der Waals surface area contributed by atoms with Crippen molar-refractivity contribution >= 4 is 11.4 Å². The van der Waals surface area contributed by atoms with Gasteiger partial charge in [0.25, 0.3) is 0 Å². The maximum atomic E-state index is 8.80. The van der Waals surface area contributed by atoms with Gasteiger partial charge in [0.05, 0.1) is 12.8 Å². The molecule has 0 bridgehead atoms. The average Bonchev–Trinajstić information content (AvgIpc) is 2.72. The summed E-state index contributed by atoms with van der Waals surface area (Å²) in [6.07, 6.45) is 5.57. The molecule has 2 aromatic rings. The van der Waals surface area contributed by atoms with Gasteiger partial charge < -0.3 is 15.4 Å². The predicted octanol–water partition coefficient (Wildman–Crippen LogP) is 4.40. The molecule has 0 amide bonds. The molecule has 0 fully saturated rings. The Labute approximate surface area is 159 Å². The Bertz CT molecular complexity index is 890. The molecule has 27 heavy (non-hydrogen) atoms. The topological polar surface area (TPSA) is 80.9 Å². The molecule has 1 atom stereocenters.